The molecule has 0 saturated heterocycles. The van der Waals surface area contributed by atoms with Crippen LogP contribution in [-0.4, -0.2) is 18.5 Å². The Balaban J connectivity index is 1.93. The molecule has 4 N–H and O–H groups in total. The summed E-state index contributed by atoms with van der Waals surface area (Å²) in [5, 5.41) is 6.39. The maximum absolute atomic E-state index is 11.3. The first-order valence-electron chi connectivity index (χ1n) is 7.09. The summed E-state index contributed by atoms with van der Waals surface area (Å²) in [6, 6.07) is 8.37. The fraction of sp³-hybridized carbons (Fsp3) is 0.533. The van der Waals surface area contributed by atoms with E-state index in [0.717, 1.165) is 17.9 Å². The fourth-order valence-electron chi connectivity index (χ4n) is 2.62. The predicted molar refractivity (Wildman–Crippen MR) is 79.2 cm³/mol. The number of nitrogens with one attached hydrogen (secondary N) is 2. The van der Waals surface area contributed by atoms with Gasteiger partial charge in [0.1, 0.15) is 0 Å². The molecule has 1 saturated carbocycles. The van der Waals surface area contributed by atoms with Crippen molar-refractivity contribution in [2.45, 2.75) is 38.6 Å². The highest BCUT2D eigenvalue weighted by atomic mass is 16.1. The monoisotopic (exact) mass is 261 g/mol. The van der Waals surface area contributed by atoms with Crippen molar-refractivity contribution in [2.24, 2.45) is 11.7 Å². The maximum atomic E-state index is 11.3. The number of anilines is 2. The molecule has 4 nitrogen and oxygen atoms in total. The highest BCUT2D eigenvalue weighted by molar-refractivity contribution is 5.90. The zero-order valence-corrected chi connectivity index (χ0v) is 11.5. The normalized spacial score (nSPS) is 22.2. The van der Waals surface area contributed by atoms with E-state index in [1.54, 1.807) is 0 Å². The van der Waals surface area contributed by atoms with Crippen LogP contribution in [0.4, 0.5) is 11.4 Å². The van der Waals surface area contributed by atoms with Crippen molar-refractivity contribution >= 4 is 17.3 Å². The van der Waals surface area contributed by atoms with E-state index in [1.165, 1.54) is 19.3 Å². The molecule has 2 rings (SSSR count). The third kappa shape index (κ3) is 3.70. The summed E-state index contributed by atoms with van der Waals surface area (Å²) in [7, 11) is 0. The molecule has 0 radical (unpaired) electrons. The summed E-state index contributed by atoms with van der Waals surface area (Å²) in [4.78, 5) is 11.3. The van der Waals surface area contributed by atoms with Crippen LogP contribution >= 0.6 is 0 Å². The summed E-state index contributed by atoms with van der Waals surface area (Å²) >= 11 is 0. The van der Waals surface area contributed by atoms with Crippen molar-refractivity contribution in [3.8, 4) is 0 Å². The van der Waals surface area contributed by atoms with Crippen molar-refractivity contribution in [3.63, 3.8) is 0 Å². The minimum absolute atomic E-state index is 0.0414. The van der Waals surface area contributed by atoms with Gasteiger partial charge in [-0.1, -0.05) is 13.3 Å². The van der Waals surface area contributed by atoms with Crippen LogP contribution in [0.1, 0.15) is 32.6 Å². The molecule has 1 fully saturated rings. The molecule has 2 unspecified atom stereocenters. The van der Waals surface area contributed by atoms with Gasteiger partial charge < -0.3 is 16.4 Å². The first kappa shape index (κ1) is 13.9. The number of rotatable bonds is 5. The molecule has 104 valence electrons. The number of benzene rings is 1. The average molecular weight is 261 g/mol. The topological polar surface area (TPSA) is 67.2 Å². The van der Waals surface area contributed by atoms with Crippen LogP contribution in [0.25, 0.3) is 0 Å². The van der Waals surface area contributed by atoms with E-state index in [0.29, 0.717) is 18.4 Å². The van der Waals surface area contributed by atoms with Gasteiger partial charge in [0, 0.05) is 23.8 Å². The Hall–Kier alpha value is -1.55. The fourth-order valence-corrected chi connectivity index (χ4v) is 2.62. The van der Waals surface area contributed by atoms with Gasteiger partial charge in [-0.15, -0.1) is 0 Å². The van der Waals surface area contributed by atoms with Gasteiger partial charge in [-0.25, -0.2) is 0 Å². The Morgan fingerprint density at radius 2 is 1.95 bits per heavy atom. The standard InChI is InChI=1S/C15H23N3O/c1-2-15(19)18-13-8-6-12(7-9-13)17-14-5-3-4-11(14)10-16/h6-9,11,14,17H,2-5,10,16H2,1H3,(H,18,19). The average Bonchev–Trinajstić information content (AvgIpc) is 2.88. The van der Waals surface area contributed by atoms with Crippen LogP contribution < -0.4 is 16.4 Å². The van der Waals surface area contributed by atoms with Gasteiger partial charge in [0.25, 0.3) is 0 Å². The maximum Gasteiger partial charge on any atom is 0.224 e. The van der Waals surface area contributed by atoms with Crippen molar-refractivity contribution in [1.29, 1.82) is 0 Å². The molecule has 0 bridgehead atoms. The Bertz CT molecular complexity index is 416. The van der Waals surface area contributed by atoms with Crippen LogP contribution in [0.3, 0.4) is 0 Å². The second kappa shape index (κ2) is 6.57. The van der Waals surface area contributed by atoms with Crippen molar-refractivity contribution in [2.75, 3.05) is 17.2 Å². The van der Waals surface area contributed by atoms with Gasteiger partial charge in [-0.05, 0) is 49.6 Å². The first-order valence-corrected chi connectivity index (χ1v) is 7.09. The quantitative estimate of drug-likeness (QED) is 0.763. The summed E-state index contributed by atoms with van der Waals surface area (Å²) in [5.74, 6) is 0.624. The lowest BCUT2D eigenvalue weighted by atomic mass is 10.0. The second-order valence-electron chi connectivity index (χ2n) is 5.16. The van der Waals surface area contributed by atoms with Crippen molar-refractivity contribution < 1.29 is 4.79 Å². The van der Waals surface area contributed by atoms with E-state index in [9.17, 15) is 4.79 Å². The summed E-state index contributed by atoms with van der Waals surface area (Å²) in [5.41, 5.74) is 7.73. The molecule has 4 heteroatoms. The lowest BCUT2D eigenvalue weighted by molar-refractivity contribution is -0.115. The molecular weight excluding hydrogens is 238 g/mol. The molecule has 1 aromatic carbocycles. The summed E-state index contributed by atoms with van der Waals surface area (Å²) in [6.45, 7) is 2.60. The largest absolute Gasteiger partial charge is 0.382 e. The molecule has 1 aliphatic rings. The molecule has 0 aromatic heterocycles. The van der Waals surface area contributed by atoms with Gasteiger partial charge in [0.15, 0.2) is 0 Å². The highest BCUT2D eigenvalue weighted by Crippen LogP contribution is 2.28. The minimum atomic E-state index is 0.0414. The number of amides is 1. The Morgan fingerprint density at radius 1 is 1.26 bits per heavy atom. The molecule has 2 atom stereocenters. The van der Waals surface area contributed by atoms with Gasteiger partial charge in [0.05, 0.1) is 0 Å². The number of carbonyl (C=O) groups is 1. The Labute approximate surface area is 114 Å². The van der Waals surface area contributed by atoms with Gasteiger partial charge in [-0.2, -0.15) is 0 Å². The predicted octanol–water partition coefficient (Wildman–Crippen LogP) is 2.57. The lowest BCUT2D eigenvalue weighted by Gasteiger charge is -2.20. The van der Waals surface area contributed by atoms with Gasteiger partial charge in [0.2, 0.25) is 5.91 Å². The summed E-state index contributed by atoms with van der Waals surface area (Å²) in [6.07, 6.45) is 4.17. The molecule has 1 aliphatic carbocycles. The van der Waals surface area contributed by atoms with Crippen LogP contribution in [0, 0.1) is 5.92 Å². The zero-order chi connectivity index (χ0) is 13.7. The second-order valence-corrected chi connectivity index (χ2v) is 5.16. The molecule has 19 heavy (non-hydrogen) atoms. The Morgan fingerprint density at radius 3 is 2.58 bits per heavy atom. The summed E-state index contributed by atoms with van der Waals surface area (Å²) < 4.78 is 0. The van der Waals surface area contributed by atoms with Gasteiger partial charge >= 0.3 is 0 Å². The number of hydrogen-bond donors (Lipinski definition) is 3. The van der Waals surface area contributed by atoms with Crippen LogP contribution in [0.2, 0.25) is 0 Å². The molecular formula is C15H23N3O. The third-order valence-electron chi connectivity index (χ3n) is 3.80. The molecule has 0 heterocycles. The van der Waals surface area contributed by atoms with E-state index < -0.39 is 0 Å². The Kier molecular flexibility index (Phi) is 4.80. The van der Waals surface area contributed by atoms with E-state index in [-0.39, 0.29) is 5.91 Å². The van der Waals surface area contributed by atoms with Crippen LogP contribution in [0.5, 0.6) is 0 Å². The first-order chi connectivity index (χ1) is 9.22. The van der Waals surface area contributed by atoms with E-state index in [4.69, 9.17) is 5.73 Å². The number of nitrogens with two attached hydrogens (primary N) is 1. The van der Waals surface area contributed by atoms with Crippen molar-refractivity contribution in [1.82, 2.24) is 0 Å². The van der Waals surface area contributed by atoms with Crippen LogP contribution in [0.15, 0.2) is 24.3 Å². The number of carbonyl (C=O) groups excluding carboxylic acids is 1. The van der Waals surface area contributed by atoms with Crippen LogP contribution in [-0.2, 0) is 4.79 Å². The minimum Gasteiger partial charge on any atom is -0.382 e. The molecule has 0 aliphatic heterocycles. The molecule has 1 aromatic rings. The number of hydrogen-bond acceptors (Lipinski definition) is 3. The zero-order valence-electron chi connectivity index (χ0n) is 11.5. The van der Waals surface area contributed by atoms with Crippen molar-refractivity contribution in [3.05, 3.63) is 24.3 Å². The highest BCUT2D eigenvalue weighted by Gasteiger charge is 2.25. The third-order valence-corrected chi connectivity index (χ3v) is 3.80. The van der Waals surface area contributed by atoms with Gasteiger partial charge in [-0.3, -0.25) is 4.79 Å². The molecule has 1 amide bonds. The van der Waals surface area contributed by atoms with E-state index >= 15 is 0 Å². The lowest BCUT2D eigenvalue weighted by Crippen LogP contribution is -2.29. The van der Waals surface area contributed by atoms with E-state index in [2.05, 4.69) is 10.6 Å². The van der Waals surface area contributed by atoms with E-state index in [1.807, 2.05) is 31.2 Å². The SMILES string of the molecule is CCC(=O)Nc1ccc(NC2CCCC2CN)cc1. The molecule has 0 spiro atoms. The smallest absolute Gasteiger partial charge is 0.224 e.